The minimum Gasteiger partial charge on any atom is -0.502 e. The summed E-state index contributed by atoms with van der Waals surface area (Å²) in [4.78, 5) is 13.5. The minimum atomic E-state index is -3.81. The summed E-state index contributed by atoms with van der Waals surface area (Å²) in [7, 11) is -0.958. The Morgan fingerprint density at radius 1 is 1.10 bits per heavy atom. The van der Waals surface area contributed by atoms with E-state index in [1.54, 1.807) is 41.8 Å². The van der Waals surface area contributed by atoms with E-state index < -0.39 is 15.8 Å². The van der Waals surface area contributed by atoms with Gasteiger partial charge in [0.2, 0.25) is 21.5 Å². The number of fused-ring (bicyclic) bond motifs is 1. The number of aromatic hydroxyl groups is 1. The fourth-order valence-corrected chi connectivity index (χ4v) is 6.54. The smallest absolute Gasteiger partial charge is 0.225 e. The number of hydrogen-bond donors (Lipinski definition) is 2. The van der Waals surface area contributed by atoms with Crippen LogP contribution in [0.15, 0.2) is 51.6 Å². The van der Waals surface area contributed by atoms with Gasteiger partial charge in [0.25, 0.3) is 0 Å². The molecule has 0 aliphatic carbocycles. The van der Waals surface area contributed by atoms with Crippen molar-refractivity contribution in [2.24, 2.45) is 0 Å². The van der Waals surface area contributed by atoms with Crippen LogP contribution in [0.1, 0.15) is 28.3 Å². The molecule has 9 heteroatoms. The van der Waals surface area contributed by atoms with Gasteiger partial charge in [0.05, 0.1) is 24.8 Å². The van der Waals surface area contributed by atoms with Gasteiger partial charge in [-0.1, -0.05) is 17.7 Å². The maximum Gasteiger partial charge on any atom is 0.225 e. The number of phenolic OH excluding ortho intramolecular Hbond substituents is 1. The molecule has 1 aliphatic heterocycles. The number of ether oxygens (including phenoxy) is 2. The first-order valence-electron chi connectivity index (χ1n) is 9.44. The molecular formula is C22H21NO6S2. The number of sulfone groups is 1. The van der Waals surface area contributed by atoms with Crippen LogP contribution < -0.4 is 14.8 Å². The molecular weight excluding hydrogens is 438 g/mol. The monoisotopic (exact) mass is 459 g/mol. The normalized spacial score (nSPS) is 15.8. The van der Waals surface area contributed by atoms with Gasteiger partial charge in [0.15, 0.2) is 11.5 Å². The van der Waals surface area contributed by atoms with E-state index in [2.05, 4.69) is 5.32 Å². The van der Waals surface area contributed by atoms with Crippen LogP contribution in [-0.4, -0.2) is 33.7 Å². The molecule has 7 nitrogen and oxygen atoms in total. The molecule has 1 amide bonds. The molecule has 1 atom stereocenters. The van der Waals surface area contributed by atoms with E-state index in [4.69, 9.17) is 9.47 Å². The Labute approximate surface area is 184 Å². The van der Waals surface area contributed by atoms with Crippen LogP contribution in [-0.2, 0) is 14.6 Å². The Morgan fingerprint density at radius 3 is 2.29 bits per heavy atom. The fraction of sp³-hybridized carbons (Fsp3) is 0.227. The third-order valence-electron chi connectivity index (χ3n) is 5.28. The van der Waals surface area contributed by atoms with E-state index in [-0.39, 0.29) is 39.4 Å². The fourth-order valence-electron chi connectivity index (χ4n) is 3.63. The van der Waals surface area contributed by atoms with E-state index in [1.807, 2.05) is 6.92 Å². The highest BCUT2D eigenvalue weighted by molar-refractivity contribution is 7.91. The van der Waals surface area contributed by atoms with Crippen LogP contribution in [0.5, 0.6) is 17.2 Å². The van der Waals surface area contributed by atoms with E-state index in [1.165, 1.54) is 25.6 Å². The van der Waals surface area contributed by atoms with Gasteiger partial charge in [-0.05, 0) is 36.8 Å². The maximum atomic E-state index is 13.3. The highest BCUT2D eigenvalue weighted by Crippen LogP contribution is 2.48. The third kappa shape index (κ3) is 3.64. The first-order valence-corrected chi connectivity index (χ1v) is 11.8. The number of carbonyl (C=O) groups is 1. The lowest BCUT2D eigenvalue weighted by Gasteiger charge is -2.24. The lowest BCUT2D eigenvalue weighted by atomic mass is 9.90. The summed E-state index contributed by atoms with van der Waals surface area (Å²) in [5.41, 5.74) is 1.94. The van der Waals surface area contributed by atoms with E-state index in [0.717, 1.165) is 10.4 Å². The second-order valence-electron chi connectivity index (χ2n) is 7.23. The molecule has 1 aromatic heterocycles. The Hall–Kier alpha value is -3.04. The summed E-state index contributed by atoms with van der Waals surface area (Å²) >= 11 is 1.27. The molecule has 162 valence electrons. The lowest BCUT2D eigenvalue weighted by Crippen LogP contribution is -2.23. The van der Waals surface area contributed by atoms with Crippen molar-refractivity contribution in [3.8, 4) is 17.2 Å². The zero-order valence-electron chi connectivity index (χ0n) is 17.1. The van der Waals surface area contributed by atoms with Crippen LogP contribution in [0.4, 0.5) is 5.69 Å². The predicted molar refractivity (Wildman–Crippen MR) is 117 cm³/mol. The van der Waals surface area contributed by atoms with E-state index in [0.29, 0.717) is 11.3 Å². The third-order valence-corrected chi connectivity index (χ3v) is 8.32. The number of benzene rings is 2. The van der Waals surface area contributed by atoms with Crippen LogP contribution in [0.25, 0.3) is 0 Å². The highest BCUT2D eigenvalue weighted by atomic mass is 32.2. The first-order chi connectivity index (χ1) is 14.8. The Morgan fingerprint density at radius 2 is 1.71 bits per heavy atom. The van der Waals surface area contributed by atoms with Gasteiger partial charge in [0, 0.05) is 22.6 Å². The zero-order chi connectivity index (χ0) is 22.3. The number of rotatable bonds is 5. The predicted octanol–water partition coefficient (Wildman–Crippen LogP) is 4.09. The summed E-state index contributed by atoms with van der Waals surface area (Å²) in [6.45, 7) is 1.88. The first kappa shape index (κ1) is 21.2. The number of anilines is 1. The van der Waals surface area contributed by atoms with E-state index >= 15 is 0 Å². The summed E-state index contributed by atoms with van der Waals surface area (Å²) < 4.78 is 37.0. The molecule has 0 radical (unpaired) electrons. The largest absolute Gasteiger partial charge is 0.502 e. The quantitative estimate of drug-likeness (QED) is 0.596. The maximum absolute atomic E-state index is 13.3. The highest BCUT2D eigenvalue weighted by Gasteiger charge is 2.35. The van der Waals surface area contributed by atoms with Crippen LogP contribution in [0.2, 0.25) is 0 Å². The number of amides is 1. The Bertz CT molecular complexity index is 1240. The molecule has 2 aromatic carbocycles. The van der Waals surface area contributed by atoms with Crippen molar-refractivity contribution in [1.82, 2.24) is 0 Å². The second kappa shape index (κ2) is 7.90. The number of hydrogen-bond acceptors (Lipinski definition) is 7. The molecule has 2 heterocycles. The molecule has 3 aromatic rings. The van der Waals surface area contributed by atoms with Crippen molar-refractivity contribution >= 4 is 32.8 Å². The van der Waals surface area contributed by atoms with Gasteiger partial charge < -0.3 is 19.9 Å². The van der Waals surface area contributed by atoms with Crippen LogP contribution >= 0.6 is 11.3 Å². The Kier molecular flexibility index (Phi) is 5.40. The van der Waals surface area contributed by atoms with Gasteiger partial charge in [-0.3, -0.25) is 4.79 Å². The van der Waals surface area contributed by atoms with Crippen LogP contribution in [0.3, 0.4) is 0 Å². The molecule has 2 N–H and O–H groups in total. The molecule has 4 rings (SSSR count). The lowest BCUT2D eigenvalue weighted by molar-refractivity contribution is -0.116. The number of methoxy groups -OCH3 is 2. The molecule has 0 unspecified atom stereocenters. The van der Waals surface area contributed by atoms with E-state index in [9.17, 15) is 18.3 Å². The molecule has 0 spiro atoms. The summed E-state index contributed by atoms with van der Waals surface area (Å²) in [6.07, 6.45) is 0.134. The molecule has 0 fully saturated rings. The van der Waals surface area contributed by atoms with Crippen molar-refractivity contribution in [2.45, 2.75) is 29.1 Å². The SMILES string of the molecule is COc1cc([C@@H]2CC(=O)Nc3c(S(=O)(=O)c4ccc(C)cc4)csc32)cc(OC)c1O. The summed E-state index contributed by atoms with van der Waals surface area (Å²) in [5, 5.41) is 14.5. The topological polar surface area (TPSA) is 102 Å². The second-order valence-corrected chi connectivity index (χ2v) is 10.1. The molecule has 0 saturated carbocycles. The number of thiophene rings is 1. The number of aryl methyl sites for hydroxylation is 1. The number of nitrogens with one attached hydrogen (secondary N) is 1. The molecule has 0 bridgehead atoms. The standard InChI is InChI=1S/C22H21NO6S2/c1-12-4-6-14(7-5-12)31(26,27)18-11-30-22-15(10-19(24)23-20(18)22)13-8-16(28-2)21(25)17(9-13)29-3/h4-9,11,15,25H,10H2,1-3H3,(H,23,24)/t15-/m0/s1. The van der Waals surface area contributed by atoms with Crippen LogP contribution in [0, 0.1) is 6.92 Å². The van der Waals surface area contributed by atoms with Crippen molar-refractivity contribution in [3.63, 3.8) is 0 Å². The average Bonchev–Trinajstić information content (AvgIpc) is 3.18. The summed E-state index contributed by atoms with van der Waals surface area (Å²) in [5.74, 6) is -0.402. The van der Waals surface area contributed by atoms with Gasteiger partial charge in [-0.15, -0.1) is 11.3 Å². The van der Waals surface area contributed by atoms with Gasteiger partial charge in [-0.2, -0.15) is 0 Å². The average molecular weight is 460 g/mol. The molecule has 31 heavy (non-hydrogen) atoms. The molecule has 0 saturated heterocycles. The van der Waals surface area contributed by atoms with Gasteiger partial charge in [0.1, 0.15) is 4.90 Å². The molecule has 1 aliphatic rings. The van der Waals surface area contributed by atoms with Crippen molar-refractivity contribution in [1.29, 1.82) is 0 Å². The van der Waals surface area contributed by atoms with Crippen molar-refractivity contribution < 1.29 is 27.8 Å². The number of phenols is 1. The number of carbonyl (C=O) groups excluding carboxylic acids is 1. The van der Waals surface area contributed by atoms with Crippen molar-refractivity contribution in [3.05, 3.63) is 57.8 Å². The summed E-state index contributed by atoms with van der Waals surface area (Å²) in [6, 6.07) is 9.88. The minimum absolute atomic E-state index is 0.0760. The van der Waals surface area contributed by atoms with Crippen molar-refractivity contribution in [2.75, 3.05) is 19.5 Å². The zero-order valence-corrected chi connectivity index (χ0v) is 18.8. The van der Waals surface area contributed by atoms with Gasteiger partial charge in [-0.25, -0.2) is 8.42 Å². The van der Waals surface area contributed by atoms with Gasteiger partial charge >= 0.3 is 0 Å². The Balaban J connectivity index is 1.84.